The van der Waals surface area contributed by atoms with Gasteiger partial charge in [-0.25, -0.2) is 0 Å². The van der Waals surface area contributed by atoms with Gasteiger partial charge in [0.15, 0.2) is 18.1 Å². The number of anilines is 1. The number of hydrogen-bond donors (Lipinski definition) is 1. The summed E-state index contributed by atoms with van der Waals surface area (Å²) in [5.74, 6) is 1.71. The molecular weight excluding hydrogens is 420 g/mol. The van der Waals surface area contributed by atoms with Crippen molar-refractivity contribution in [3.63, 3.8) is 0 Å². The molecule has 0 bridgehead atoms. The van der Waals surface area contributed by atoms with E-state index in [0.29, 0.717) is 52.6 Å². The van der Waals surface area contributed by atoms with Gasteiger partial charge in [0.05, 0.1) is 16.9 Å². The second-order valence-electron chi connectivity index (χ2n) is 6.75. The van der Waals surface area contributed by atoms with Crippen molar-refractivity contribution in [2.45, 2.75) is 0 Å². The molecule has 5 rings (SSSR count). The van der Waals surface area contributed by atoms with Crippen LogP contribution in [0.2, 0.25) is 5.02 Å². The number of carbonyl (C=O) groups is 1. The molecule has 0 fully saturated rings. The van der Waals surface area contributed by atoms with Gasteiger partial charge in [-0.15, -0.1) is 0 Å². The molecule has 0 saturated carbocycles. The van der Waals surface area contributed by atoms with Crippen LogP contribution in [0.25, 0.3) is 16.9 Å². The molecular formula is C22H17ClN4O4. The van der Waals surface area contributed by atoms with Gasteiger partial charge in [0.1, 0.15) is 24.6 Å². The first-order valence-electron chi connectivity index (χ1n) is 9.58. The zero-order valence-corrected chi connectivity index (χ0v) is 17.0. The number of ether oxygens (including phenoxy) is 3. The number of amides is 1. The summed E-state index contributed by atoms with van der Waals surface area (Å²) in [6.45, 7) is 0.651. The third kappa shape index (κ3) is 3.85. The summed E-state index contributed by atoms with van der Waals surface area (Å²) >= 11 is 6.26. The van der Waals surface area contributed by atoms with Crippen molar-refractivity contribution in [3.05, 3.63) is 66.1 Å². The van der Waals surface area contributed by atoms with E-state index in [2.05, 4.69) is 15.3 Å². The van der Waals surface area contributed by atoms with Crippen molar-refractivity contribution in [2.24, 2.45) is 0 Å². The van der Waals surface area contributed by atoms with Gasteiger partial charge >= 0.3 is 0 Å². The van der Waals surface area contributed by atoms with Crippen LogP contribution in [-0.2, 0) is 4.79 Å². The molecule has 0 aliphatic carbocycles. The highest BCUT2D eigenvalue weighted by atomic mass is 35.5. The molecule has 2 aromatic heterocycles. The van der Waals surface area contributed by atoms with Crippen LogP contribution in [0.1, 0.15) is 0 Å². The molecule has 0 saturated heterocycles. The fraction of sp³-hybridized carbons (Fsp3) is 0.136. The first-order chi connectivity index (χ1) is 15.2. The van der Waals surface area contributed by atoms with Gasteiger partial charge in [0.2, 0.25) is 5.88 Å². The Bertz CT molecular complexity index is 1260. The van der Waals surface area contributed by atoms with Gasteiger partial charge in [0, 0.05) is 30.1 Å². The van der Waals surface area contributed by atoms with Crippen LogP contribution >= 0.6 is 11.6 Å². The minimum Gasteiger partial charge on any atom is -0.486 e. The van der Waals surface area contributed by atoms with Crippen LogP contribution in [0.15, 0.2) is 61.1 Å². The van der Waals surface area contributed by atoms with Gasteiger partial charge in [-0.05, 0) is 0 Å². The maximum atomic E-state index is 12.5. The average molecular weight is 437 g/mol. The van der Waals surface area contributed by atoms with E-state index in [1.807, 2.05) is 34.7 Å². The maximum Gasteiger partial charge on any atom is 0.262 e. The molecule has 9 heteroatoms. The monoisotopic (exact) mass is 436 g/mol. The lowest BCUT2D eigenvalue weighted by Crippen LogP contribution is -2.21. The summed E-state index contributed by atoms with van der Waals surface area (Å²) in [6, 6.07) is 13.0. The van der Waals surface area contributed by atoms with Crippen LogP contribution in [0.3, 0.4) is 0 Å². The fourth-order valence-electron chi connectivity index (χ4n) is 3.29. The summed E-state index contributed by atoms with van der Waals surface area (Å²) in [5.41, 5.74) is 2.00. The van der Waals surface area contributed by atoms with Crippen LogP contribution in [0.4, 0.5) is 5.69 Å². The number of nitrogens with zero attached hydrogens (tertiary/aromatic N) is 3. The number of benzene rings is 2. The van der Waals surface area contributed by atoms with Gasteiger partial charge in [-0.2, -0.15) is 4.98 Å². The van der Waals surface area contributed by atoms with Crippen molar-refractivity contribution >= 4 is 28.7 Å². The van der Waals surface area contributed by atoms with Crippen LogP contribution in [-0.4, -0.2) is 40.1 Å². The quantitative estimate of drug-likeness (QED) is 0.511. The number of fused-ring (bicyclic) bond motifs is 2. The highest BCUT2D eigenvalue weighted by Gasteiger charge is 2.18. The topological polar surface area (TPSA) is 87.0 Å². The van der Waals surface area contributed by atoms with E-state index >= 15 is 0 Å². The number of nitrogens with one attached hydrogen (secondary N) is 1. The first-order valence-corrected chi connectivity index (χ1v) is 9.96. The van der Waals surface area contributed by atoms with Gasteiger partial charge in [-0.1, -0.05) is 41.9 Å². The van der Waals surface area contributed by atoms with Gasteiger partial charge in [-0.3, -0.25) is 14.2 Å². The Kier molecular flexibility index (Phi) is 5.05. The number of aromatic nitrogens is 3. The second kappa shape index (κ2) is 8.16. The van der Waals surface area contributed by atoms with E-state index in [1.54, 1.807) is 30.7 Å². The van der Waals surface area contributed by atoms with Crippen LogP contribution < -0.4 is 19.5 Å². The minimum absolute atomic E-state index is 0.249. The molecule has 4 aromatic rings. The normalized spacial score (nSPS) is 12.5. The number of carbonyl (C=O) groups excluding carboxylic acids is 1. The van der Waals surface area contributed by atoms with Gasteiger partial charge in [0.25, 0.3) is 5.91 Å². The molecule has 1 aliphatic rings. The highest BCUT2D eigenvalue weighted by molar-refractivity contribution is 6.34. The minimum atomic E-state index is -0.384. The molecule has 1 N–H and O–H groups in total. The smallest absolute Gasteiger partial charge is 0.262 e. The Morgan fingerprint density at radius 3 is 2.74 bits per heavy atom. The third-order valence-electron chi connectivity index (χ3n) is 4.69. The van der Waals surface area contributed by atoms with E-state index in [4.69, 9.17) is 25.8 Å². The average Bonchev–Trinajstić information content (AvgIpc) is 3.18. The molecule has 31 heavy (non-hydrogen) atoms. The Morgan fingerprint density at radius 1 is 1.16 bits per heavy atom. The summed E-state index contributed by atoms with van der Waals surface area (Å²) in [7, 11) is 0. The SMILES string of the molecule is O=C(COc1nc(-c2ccccc2)n2ccncc12)Nc1cc2c(cc1Cl)OCCO2. The predicted molar refractivity (Wildman–Crippen MR) is 115 cm³/mol. The molecule has 2 aromatic carbocycles. The fourth-order valence-corrected chi connectivity index (χ4v) is 3.49. The number of imidazole rings is 1. The summed E-state index contributed by atoms with van der Waals surface area (Å²) in [4.78, 5) is 21.2. The molecule has 0 radical (unpaired) electrons. The molecule has 8 nitrogen and oxygen atoms in total. The second-order valence-corrected chi connectivity index (χ2v) is 7.16. The summed E-state index contributed by atoms with van der Waals surface area (Å²) in [5, 5.41) is 3.08. The standard InChI is InChI=1S/C22H17ClN4O4/c23-15-10-18-19(30-9-8-29-18)11-16(15)25-20(28)13-31-22-17-12-24-6-7-27(17)21(26-22)14-4-2-1-3-5-14/h1-7,10-12H,8-9,13H2,(H,25,28). The van der Waals surface area contributed by atoms with Gasteiger partial charge < -0.3 is 19.5 Å². The lowest BCUT2D eigenvalue weighted by molar-refractivity contribution is -0.118. The number of halogens is 1. The summed E-state index contributed by atoms with van der Waals surface area (Å²) < 4.78 is 18.6. The lowest BCUT2D eigenvalue weighted by atomic mass is 10.2. The molecule has 1 aliphatic heterocycles. The van der Waals surface area contributed by atoms with Crippen LogP contribution in [0, 0.1) is 0 Å². The summed E-state index contributed by atoms with van der Waals surface area (Å²) in [6.07, 6.45) is 5.11. The van der Waals surface area contributed by atoms with Crippen molar-refractivity contribution in [2.75, 3.05) is 25.1 Å². The van der Waals surface area contributed by atoms with E-state index in [-0.39, 0.29) is 12.5 Å². The highest BCUT2D eigenvalue weighted by Crippen LogP contribution is 2.38. The Morgan fingerprint density at radius 2 is 1.94 bits per heavy atom. The van der Waals surface area contributed by atoms with Crippen molar-refractivity contribution in [1.29, 1.82) is 0 Å². The van der Waals surface area contributed by atoms with Crippen molar-refractivity contribution in [1.82, 2.24) is 14.4 Å². The molecule has 0 unspecified atom stereocenters. The Labute approximate surface area is 182 Å². The van der Waals surface area contributed by atoms with E-state index in [9.17, 15) is 4.79 Å². The molecule has 1 amide bonds. The predicted octanol–water partition coefficient (Wildman–Crippen LogP) is 3.84. The molecule has 0 spiro atoms. The van der Waals surface area contributed by atoms with Crippen LogP contribution in [0.5, 0.6) is 17.4 Å². The number of hydrogen-bond acceptors (Lipinski definition) is 6. The maximum absolute atomic E-state index is 12.5. The van der Waals surface area contributed by atoms with Crippen molar-refractivity contribution in [3.8, 4) is 28.8 Å². The third-order valence-corrected chi connectivity index (χ3v) is 5.00. The van der Waals surface area contributed by atoms with Crippen molar-refractivity contribution < 1.29 is 19.0 Å². The first kappa shape index (κ1) is 19.2. The zero-order valence-electron chi connectivity index (χ0n) is 16.2. The molecule has 156 valence electrons. The largest absolute Gasteiger partial charge is 0.486 e. The Balaban J connectivity index is 1.34. The molecule has 0 atom stereocenters. The Hall–Kier alpha value is -3.78. The van der Waals surface area contributed by atoms with E-state index < -0.39 is 0 Å². The zero-order chi connectivity index (χ0) is 21.2. The number of rotatable bonds is 5. The molecule has 3 heterocycles. The van der Waals surface area contributed by atoms with E-state index in [1.165, 1.54) is 0 Å². The van der Waals surface area contributed by atoms with E-state index in [0.717, 1.165) is 5.56 Å². The lowest BCUT2D eigenvalue weighted by Gasteiger charge is -2.20.